The Balaban J connectivity index is 1.93. The van der Waals surface area contributed by atoms with Crippen molar-refractivity contribution in [3.63, 3.8) is 0 Å². The fourth-order valence-corrected chi connectivity index (χ4v) is 3.76. The topological polar surface area (TPSA) is 24.5 Å². The molecule has 0 amide bonds. The number of nitrogens with zero attached hydrogens (tertiary/aromatic N) is 1. The maximum Gasteiger partial charge on any atom is 0.124 e. The molecule has 2 aliphatic rings. The van der Waals surface area contributed by atoms with Gasteiger partial charge in [-0.15, -0.1) is 0 Å². The Labute approximate surface area is 128 Å². The lowest BCUT2D eigenvalue weighted by Crippen LogP contribution is -2.63. The van der Waals surface area contributed by atoms with Crippen molar-refractivity contribution in [3.05, 3.63) is 29.8 Å². The number of para-hydroxylation sites is 1. The van der Waals surface area contributed by atoms with Crippen LogP contribution in [-0.2, 0) is 0 Å². The monoisotopic (exact) mass is 288 g/mol. The van der Waals surface area contributed by atoms with Crippen molar-refractivity contribution in [2.75, 3.05) is 19.7 Å². The Hall–Kier alpha value is -1.06. The van der Waals surface area contributed by atoms with E-state index in [1.165, 1.54) is 5.56 Å². The second-order valence-electron chi connectivity index (χ2n) is 7.44. The number of hydrogen-bond acceptors (Lipinski definition) is 3. The highest BCUT2D eigenvalue weighted by Gasteiger charge is 2.39. The molecule has 3 nitrogen and oxygen atoms in total. The zero-order valence-corrected chi connectivity index (χ0v) is 13.7. The van der Waals surface area contributed by atoms with E-state index in [0.717, 1.165) is 31.9 Å². The van der Waals surface area contributed by atoms with E-state index in [-0.39, 0.29) is 5.54 Å². The molecular formula is C18H28N2O. The van der Waals surface area contributed by atoms with Crippen LogP contribution in [0.1, 0.15) is 45.7 Å². The summed E-state index contributed by atoms with van der Waals surface area (Å²) in [6, 6.07) is 9.64. The Morgan fingerprint density at radius 1 is 1.29 bits per heavy atom. The summed E-state index contributed by atoms with van der Waals surface area (Å²) in [5.74, 6) is 1.73. The first-order valence-electron chi connectivity index (χ1n) is 8.20. The van der Waals surface area contributed by atoms with Gasteiger partial charge in [0.1, 0.15) is 5.75 Å². The minimum Gasteiger partial charge on any atom is -0.493 e. The van der Waals surface area contributed by atoms with Crippen LogP contribution in [0.4, 0.5) is 0 Å². The van der Waals surface area contributed by atoms with Gasteiger partial charge in [-0.3, -0.25) is 4.90 Å². The molecule has 1 aromatic carbocycles. The van der Waals surface area contributed by atoms with Gasteiger partial charge in [-0.1, -0.05) is 32.0 Å². The third kappa shape index (κ3) is 2.95. The molecule has 2 heterocycles. The summed E-state index contributed by atoms with van der Waals surface area (Å²) in [7, 11) is 0. The van der Waals surface area contributed by atoms with Crippen LogP contribution in [0, 0.1) is 5.92 Å². The van der Waals surface area contributed by atoms with Gasteiger partial charge in [0, 0.05) is 42.7 Å². The lowest BCUT2D eigenvalue weighted by Gasteiger charge is -2.50. The zero-order chi connectivity index (χ0) is 15.0. The third-order valence-electron chi connectivity index (χ3n) is 4.89. The second-order valence-corrected chi connectivity index (χ2v) is 7.44. The number of rotatable bonds is 2. The molecule has 1 saturated heterocycles. The van der Waals surface area contributed by atoms with E-state index < -0.39 is 0 Å². The van der Waals surface area contributed by atoms with Gasteiger partial charge in [-0.2, -0.15) is 0 Å². The zero-order valence-electron chi connectivity index (χ0n) is 13.7. The smallest absolute Gasteiger partial charge is 0.124 e. The van der Waals surface area contributed by atoms with Crippen LogP contribution in [-0.4, -0.2) is 36.2 Å². The predicted molar refractivity (Wildman–Crippen MR) is 86.7 cm³/mol. The number of ether oxygens (including phenoxy) is 1. The van der Waals surface area contributed by atoms with Crippen LogP contribution in [0.25, 0.3) is 0 Å². The van der Waals surface area contributed by atoms with Crippen molar-refractivity contribution in [3.8, 4) is 5.75 Å². The molecular weight excluding hydrogens is 260 g/mol. The molecule has 2 unspecified atom stereocenters. The van der Waals surface area contributed by atoms with Crippen molar-refractivity contribution in [2.24, 2.45) is 5.92 Å². The molecule has 1 fully saturated rings. The van der Waals surface area contributed by atoms with Crippen LogP contribution in [0.3, 0.4) is 0 Å². The SMILES string of the molecule is CC(C)C1CNC(C)(C)CN1C1CCOc2ccccc21. The first kappa shape index (κ1) is 14.9. The molecule has 0 spiro atoms. The highest BCUT2D eigenvalue weighted by molar-refractivity contribution is 5.37. The molecule has 0 aromatic heterocycles. The molecule has 0 saturated carbocycles. The van der Waals surface area contributed by atoms with Crippen LogP contribution >= 0.6 is 0 Å². The van der Waals surface area contributed by atoms with E-state index in [0.29, 0.717) is 18.0 Å². The van der Waals surface area contributed by atoms with E-state index in [1.807, 2.05) is 0 Å². The van der Waals surface area contributed by atoms with E-state index in [2.05, 4.69) is 62.2 Å². The summed E-state index contributed by atoms with van der Waals surface area (Å²) in [5.41, 5.74) is 1.55. The first-order chi connectivity index (χ1) is 9.98. The molecule has 2 aliphatic heterocycles. The summed E-state index contributed by atoms with van der Waals surface area (Å²) < 4.78 is 5.85. The maximum atomic E-state index is 5.85. The standard InChI is InChI=1S/C18H28N2O/c1-13(2)16-11-19-18(3,4)12-20(16)15-9-10-21-17-8-6-5-7-14(15)17/h5-8,13,15-16,19H,9-12H2,1-4H3. The molecule has 0 bridgehead atoms. The van der Waals surface area contributed by atoms with Crippen molar-refractivity contribution < 1.29 is 4.74 Å². The molecule has 116 valence electrons. The summed E-state index contributed by atoms with van der Waals surface area (Å²) in [4.78, 5) is 2.72. The van der Waals surface area contributed by atoms with Gasteiger partial charge in [0.25, 0.3) is 0 Å². The predicted octanol–water partition coefficient (Wildman–Crippen LogP) is 3.22. The number of benzene rings is 1. The van der Waals surface area contributed by atoms with E-state index in [9.17, 15) is 0 Å². The minimum atomic E-state index is 0.179. The van der Waals surface area contributed by atoms with Crippen LogP contribution in [0.5, 0.6) is 5.75 Å². The average molecular weight is 288 g/mol. The Morgan fingerprint density at radius 3 is 2.81 bits per heavy atom. The van der Waals surface area contributed by atoms with Gasteiger partial charge >= 0.3 is 0 Å². The van der Waals surface area contributed by atoms with Crippen molar-refractivity contribution in [1.29, 1.82) is 0 Å². The van der Waals surface area contributed by atoms with E-state index in [1.54, 1.807) is 0 Å². The molecule has 0 radical (unpaired) electrons. The summed E-state index contributed by atoms with van der Waals surface area (Å²) in [5, 5.41) is 3.71. The van der Waals surface area contributed by atoms with Gasteiger partial charge < -0.3 is 10.1 Å². The molecule has 3 heteroatoms. The molecule has 3 rings (SSSR count). The number of nitrogens with one attached hydrogen (secondary N) is 1. The van der Waals surface area contributed by atoms with Crippen molar-refractivity contribution >= 4 is 0 Å². The molecule has 2 atom stereocenters. The molecule has 1 aromatic rings. The lowest BCUT2D eigenvalue weighted by atomic mass is 9.88. The third-order valence-corrected chi connectivity index (χ3v) is 4.89. The van der Waals surface area contributed by atoms with E-state index in [4.69, 9.17) is 4.74 Å². The number of fused-ring (bicyclic) bond motifs is 1. The molecule has 0 aliphatic carbocycles. The first-order valence-corrected chi connectivity index (χ1v) is 8.20. The van der Waals surface area contributed by atoms with Crippen molar-refractivity contribution in [1.82, 2.24) is 10.2 Å². The fraction of sp³-hybridized carbons (Fsp3) is 0.667. The number of piperazine rings is 1. The summed E-state index contributed by atoms with van der Waals surface area (Å²) in [6.45, 7) is 12.3. The normalized spacial score (nSPS) is 29.0. The highest BCUT2D eigenvalue weighted by atomic mass is 16.5. The number of hydrogen-bond donors (Lipinski definition) is 1. The summed E-state index contributed by atoms with van der Waals surface area (Å²) in [6.07, 6.45) is 1.09. The van der Waals surface area contributed by atoms with Crippen LogP contribution in [0.15, 0.2) is 24.3 Å². The molecule has 21 heavy (non-hydrogen) atoms. The van der Waals surface area contributed by atoms with Gasteiger partial charge in [0.05, 0.1) is 6.61 Å². The van der Waals surface area contributed by atoms with Gasteiger partial charge in [0.15, 0.2) is 0 Å². The van der Waals surface area contributed by atoms with Crippen LogP contribution in [0.2, 0.25) is 0 Å². The molecule has 1 N–H and O–H groups in total. The minimum absolute atomic E-state index is 0.179. The van der Waals surface area contributed by atoms with Gasteiger partial charge in [-0.25, -0.2) is 0 Å². The fourth-order valence-electron chi connectivity index (χ4n) is 3.76. The van der Waals surface area contributed by atoms with Gasteiger partial charge in [0.2, 0.25) is 0 Å². The Bertz CT molecular complexity index is 498. The van der Waals surface area contributed by atoms with E-state index >= 15 is 0 Å². The quantitative estimate of drug-likeness (QED) is 0.904. The lowest BCUT2D eigenvalue weighted by molar-refractivity contribution is 0.0156. The maximum absolute atomic E-state index is 5.85. The highest BCUT2D eigenvalue weighted by Crippen LogP contribution is 2.39. The van der Waals surface area contributed by atoms with Crippen LogP contribution < -0.4 is 10.1 Å². The average Bonchev–Trinajstić information content (AvgIpc) is 2.45. The summed E-state index contributed by atoms with van der Waals surface area (Å²) >= 11 is 0. The Morgan fingerprint density at radius 2 is 2.05 bits per heavy atom. The van der Waals surface area contributed by atoms with Gasteiger partial charge in [-0.05, 0) is 25.8 Å². The second kappa shape index (κ2) is 5.62. The largest absolute Gasteiger partial charge is 0.493 e. The Kier molecular flexibility index (Phi) is 3.98. The van der Waals surface area contributed by atoms with Crippen molar-refractivity contribution in [2.45, 2.75) is 51.7 Å².